The Bertz CT molecular complexity index is 1620. The van der Waals surface area contributed by atoms with Gasteiger partial charge in [-0.1, -0.05) is 84.9 Å². The molecule has 138 valence electrons. The van der Waals surface area contributed by atoms with Crippen molar-refractivity contribution >= 4 is 60.1 Å². The Labute approximate surface area is 167 Å². The minimum Gasteiger partial charge on any atom is -0.369 e. The second-order valence-corrected chi connectivity index (χ2v) is 7.41. The van der Waals surface area contributed by atoms with Crippen LogP contribution in [0.3, 0.4) is 0 Å². The molecule has 6 aromatic rings. The van der Waals surface area contributed by atoms with E-state index in [1.807, 2.05) is 0 Å². The van der Waals surface area contributed by atoms with Crippen molar-refractivity contribution < 1.29 is 0 Å². The van der Waals surface area contributed by atoms with E-state index in [1.54, 1.807) is 7.05 Å². The number of fused-ring (bicyclic) bond motifs is 10. The van der Waals surface area contributed by atoms with E-state index in [1.165, 1.54) is 43.1 Å². The van der Waals surface area contributed by atoms with Crippen molar-refractivity contribution in [2.24, 2.45) is 10.7 Å². The lowest BCUT2D eigenvalue weighted by Crippen LogP contribution is -2.21. The maximum atomic E-state index is 6.51. The summed E-state index contributed by atoms with van der Waals surface area (Å²) >= 11 is 0. The van der Waals surface area contributed by atoms with Crippen LogP contribution in [0.4, 0.5) is 0 Å². The number of aromatic nitrogens is 1. The van der Waals surface area contributed by atoms with Crippen molar-refractivity contribution in [1.29, 1.82) is 0 Å². The summed E-state index contributed by atoms with van der Waals surface area (Å²) in [7, 11) is 1.75. The second-order valence-electron chi connectivity index (χ2n) is 7.41. The molecule has 0 spiro atoms. The van der Waals surface area contributed by atoms with Crippen LogP contribution in [0.2, 0.25) is 0 Å². The molecule has 0 aliphatic rings. The molecule has 2 N–H and O–H groups in total. The van der Waals surface area contributed by atoms with Gasteiger partial charge in [-0.15, -0.1) is 0 Å². The van der Waals surface area contributed by atoms with Gasteiger partial charge in [-0.25, -0.2) is 0 Å². The van der Waals surface area contributed by atoms with E-state index < -0.39 is 0 Å². The van der Waals surface area contributed by atoms with Crippen molar-refractivity contribution in [1.82, 2.24) is 4.57 Å². The lowest BCUT2D eigenvalue weighted by molar-refractivity contribution is 1.20. The van der Waals surface area contributed by atoms with Crippen LogP contribution in [0.5, 0.6) is 0 Å². The molecule has 0 bridgehead atoms. The van der Waals surface area contributed by atoms with Crippen molar-refractivity contribution in [3.8, 4) is 0 Å². The maximum Gasteiger partial charge on any atom is 0.200 e. The van der Waals surface area contributed by atoms with Crippen LogP contribution < -0.4 is 5.73 Å². The summed E-state index contributed by atoms with van der Waals surface area (Å²) in [5.41, 5.74) is 8.74. The monoisotopic (exact) mass is 373 g/mol. The van der Waals surface area contributed by atoms with Crippen molar-refractivity contribution in [3.05, 3.63) is 84.9 Å². The van der Waals surface area contributed by atoms with Crippen LogP contribution >= 0.6 is 0 Å². The van der Waals surface area contributed by atoms with Crippen LogP contribution in [-0.2, 0) is 0 Å². The van der Waals surface area contributed by atoms with E-state index in [0.717, 1.165) is 11.0 Å². The average Bonchev–Trinajstić information content (AvgIpc) is 3.15. The molecule has 0 radical (unpaired) electrons. The van der Waals surface area contributed by atoms with Crippen LogP contribution in [0.1, 0.15) is 0 Å². The first kappa shape index (κ1) is 16.1. The number of benzene rings is 5. The lowest BCUT2D eigenvalue weighted by Gasteiger charge is -2.11. The molecule has 5 aromatic carbocycles. The largest absolute Gasteiger partial charge is 0.369 e. The zero-order valence-corrected chi connectivity index (χ0v) is 16.1. The highest BCUT2D eigenvalue weighted by Gasteiger charge is 2.20. The Balaban J connectivity index is 2.08. The fraction of sp³-hybridized carbons (Fsp3) is 0.0385. The van der Waals surface area contributed by atoms with Gasteiger partial charge in [-0.05, 0) is 21.5 Å². The molecule has 0 saturated carbocycles. The minimum atomic E-state index is 0.502. The standard InChI is InChI=1S/C26H19N3/c1-28-26(27)29-24-17-9-3-2-8-16(17)14-15-22(24)23-20-12-6-4-10-18(20)19-11-5-7-13-21(19)25(23)29/h2-15H,1H3,(H2,27,28). The van der Waals surface area contributed by atoms with Crippen LogP contribution in [-0.4, -0.2) is 17.6 Å². The summed E-state index contributed by atoms with van der Waals surface area (Å²) in [5.74, 6) is 0.502. The highest BCUT2D eigenvalue weighted by Crippen LogP contribution is 2.42. The molecular formula is C26H19N3. The first-order valence-corrected chi connectivity index (χ1v) is 9.77. The van der Waals surface area contributed by atoms with Gasteiger partial charge in [0.1, 0.15) is 0 Å². The van der Waals surface area contributed by atoms with Gasteiger partial charge in [0, 0.05) is 28.6 Å². The first-order chi connectivity index (χ1) is 14.3. The molecule has 3 heteroatoms. The molecule has 0 fully saturated rings. The number of hydrogen-bond donors (Lipinski definition) is 1. The van der Waals surface area contributed by atoms with Gasteiger partial charge in [0.15, 0.2) is 5.96 Å². The van der Waals surface area contributed by atoms with Crippen LogP contribution in [0.15, 0.2) is 89.9 Å². The molecule has 1 aromatic heterocycles. The van der Waals surface area contributed by atoms with Crippen LogP contribution in [0, 0.1) is 0 Å². The topological polar surface area (TPSA) is 43.3 Å². The summed E-state index contributed by atoms with van der Waals surface area (Å²) in [4.78, 5) is 4.38. The van der Waals surface area contributed by atoms with Gasteiger partial charge in [-0.2, -0.15) is 0 Å². The van der Waals surface area contributed by atoms with E-state index >= 15 is 0 Å². The SMILES string of the molecule is CN=C(N)n1c2c3ccccc3ccc2c2c3ccccc3c3ccccc3c21. The minimum absolute atomic E-state index is 0.502. The van der Waals surface area contributed by atoms with Crippen molar-refractivity contribution in [3.63, 3.8) is 0 Å². The summed E-state index contributed by atoms with van der Waals surface area (Å²) in [6, 6.07) is 30.1. The molecule has 0 atom stereocenters. The molecular weight excluding hydrogens is 354 g/mol. The van der Waals surface area contributed by atoms with Gasteiger partial charge in [0.2, 0.25) is 0 Å². The van der Waals surface area contributed by atoms with Crippen molar-refractivity contribution in [2.45, 2.75) is 0 Å². The molecule has 0 amide bonds. The molecule has 0 saturated heterocycles. The summed E-state index contributed by atoms with van der Waals surface area (Å²) in [6.45, 7) is 0. The third kappa shape index (κ3) is 2.04. The zero-order valence-electron chi connectivity index (χ0n) is 16.1. The Morgan fingerprint density at radius 1 is 0.621 bits per heavy atom. The Hall–Kier alpha value is -3.85. The average molecular weight is 373 g/mol. The number of rotatable bonds is 0. The van der Waals surface area contributed by atoms with Gasteiger partial charge in [-0.3, -0.25) is 9.56 Å². The first-order valence-electron chi connectivity index (χ1n) is 9.77. The maximum absolute atomic E-state index is 6.51. The van der Waals surface area contributed by atoms with Gasteiger partial charge >= 0.3 is 0 Å². The summed E-state index contributed by atoms with van der Waals surface area (Å²) < 4.78 is 2.14. The van der Waals surface area contributed by atoms with Gasteiger partial charge in [0.05, 0.1) is 11.0 Å². The quantitative estimate of drug-likeness (QED) is 0.197. The molecule has 29 heavy (non-hydrogen) atoms. The molecule has 0 aliphatic carbocycles. The number of hydrogen-bond acceptors (Lipinski definition) is 1. The van der Waals surface area contributed by atoms with E-state index in [4.69, 9.17) is 5.73 Å². The number of nitrogens with two attached hydrogens (primary N) is 1. The normalized spacial score (nSPS) is 12.7. The second kappa shape index (κ2) is 5.82. The van der Waals surface area contributed by atoms with Gasteiger partial charge in [0.25, 0.3) is 0 Å². The fourth-order valence-electron chi connectivity index (χ4n) is 4.77. The Kier molecular flexibility index (Phi) is 3.24. The Morgan fingerprint density at radius 3 is 1.93 bits per heavy atom. The van der Waals surface area contributed by atoms with Crippen LogP contribution in [0.25, 0.3) is 54.1 Å². The smallest absolute Gasteiger partial charge is 0.200 e. The van der Waals surface area contributed by atoms with E-state index in [2.05, 4.69) is 94.5 Å². The summed E-state index contributed by atoms with van der Waals surface area (Å²) in [6.07, 6.45) is 0. The van der Waals surface area contributed by atoms with E-state index in [0.29, 0.717) is 5.96 Å². The third-order valence-corrected chi connectivity index (χ3v) is 5.98. The molecule has 1 heterocycles. The summed E-state index contributed by atoms with van der Waals surface area (Å²) in [5, 5.41) is 9.72. The lowest BCUT2D eigenvalue weighted by atomic mass is 9.96. The number of aliphatic imine (C=N–C) groups is 1. The number of nitrogens with zero attached hydrogens (tertiary/aromatic N) is 2. The highest BCUT2D eigenvalue weighted by molar-refractivity contribution is 6.35. The fourth-order valence-corrected chi connectivity index (χ4v) is 4.77. The molecule has 0 unspecified atom stereocenters. The highest BCUT2D eigenvalue weighted by atomic mass is 15.1. The molecule has 6 rings (SSSR count). The van der Waals surface area contributed by atoms with E-state index in [9.17, 15) is 0 Å². The third-order valence-electron chi connectivity index (χ3n) is 5.98. The zero-order chi connectivity index (χ0) is 19.5. The molecule has 0 aliphatic heterocycles. The van der Waals surface area contributed by atoms with E-state index in [-0.39, 0.29) is 0 Å². The predicted molar refractivity (Wildman–Crippen MR) is 125 cm³/mol. The van der Waals surface area contributed by atoms with Gasteiger partial charge < -0.3 is 5.73 Å². The Morgan fingerprint density at radius 2 is 1.21 bits per heavy atom. The molecule has 3 nitrogen and oxygen atoms in total. The predicted octanol–water partition coefficient (Wildman–Crippen LogP) is 6.05. The van der Waals surface area contributed by atoms with Crippen molar-refractivity contribution in [2.75, 3.05) is 7.05 Å².